The van der Waals surface area contributed by atoms with Gasteiger partial charge in [-0.1, -0.05) is 0 Å². The third kappa shape index (κ3) is 1.33. The molecule has 0 saturated heterocycles. The Morgan fingerprint density at radius 3 is 0.500 bits per heavy atom. The molecule has 0 amide bonds. The van der Waals surface area contributed by atoms with E-state index in [9.17, 15) is 0 Å². The molecule has 6 nitrogen and oxygen atoms in total. The maximum Gasteiger partial charge on any atom is 0.111 e. The zero-order valence-electron chi connectivity index (χ0n) is 6.15. The minimum absolute atomic E-state index is 1.64. The van der Waals surface area contributed by atoms with Crippen molar-refractivity contribution in [1.29, 1.82) is 0 Å². The van der Waals surface area contributed by atoms with Crippen LogP contribution < -0.4 is 0 Å². The van der Waals surface area contributed by atoms with Crippen molar-refractivity contribution in [3.63, 3.8) is 0 Å². The van der Waals surface area contributed by atoms with Gasteiger partial charge in [0.2, 0.25) is 0 Å². The second kappa shape index (κ2) is 3.25. The van der Waals surface area contributed by atoms with Crippen LogP contribution in [0, 0.1) is 0 Å². The zero-order valence-corrected chi connectivity index (χ0v) is 6.15. The fourth-order valence-electron chi connectivity index (χ4n) is 1.21. The average Bonchev–Trinajstić information content (AvgIpc) is 2.08. The molecule has 0 aromatic heterocycles. The lowest BCUT2D eigenvalue weighted by molar-refractivity contribution is -0.223. The van der Waals surface area contributed by atoms with Crippen LogP contribution in [0.5, 0.6) is 0 Å². The first kappa shape index (κ1) is 9.85. The normalized spacial score (nSPS) is 55.5. The molecule has 1 aliphatic carbocycles. The highest BCUT2D eigenvalue weighted by molar-refractivity contribution is 4.98. The number of hydrogen-bond donors (Lipinski definition) is 6. The Labute approximate surface area is 68.3 Å². The summed E-state index contributed by atoms with van der Waals surface area (Å²) in [7, 11) is 0. The molecular formula is C6H12O6. The summed E-state index contributed by atoms with van der Waals surface area (Å²) in [6.07, 6.45) is -9.84. The number of aliphatic hydroxyl groups excluding tert-OH is 6. The van der Waals surface area contributed by atoms with E-state index < -0.39 is 36.6 Å². The molecule has 0 aromatic carbocycles. The average molecular weight is 180 g/mol. The number of rotatable bonds is 0. The van der Waals surface area contributed by atoms with Crippen molar-refractivity contribution < 1.29 is 30.6 Å². The maximum atomic E-state index is 8.97. The van der Waals surface area contributed by atoms with E-state index in [1.54, 1.807) is 0 Å². The van der Waals surface area contributed by atoms with E-state index in [4.69, 9.17) is 30.6 Å². The second-order valence-electron chi connectivity index (χ2n) is 2.94. The molecule has 6 heteroatoms. The van der Waals surface area contributed by atoms with Crippen molar-refractivity contribution >= 4 is 0 Å². The van der Waals surface area contributed by atoms with Gasteiger partial charge < -0.3 is 30.6 Å². The molecule has 1 saturated carbocycles. The van der Waals surface area contributed by atoms with Crippen molar-refractivity contribution in [3.05, 3.63) is 0 Å². The van der Waals surface area contributed by atoms with Crippen LogP contribution in [0.3, 0.4) is 0 Å². The van der Waals surface area contributed by atoms with Crippen molar-refractivity contribution in [2.24, 2.45) is 0 Å². The Hall–Kier alpha value is -0.240. The molecular weight excluding hydrogens is 168 g/mol. The highest BCUT2D eigenvalue weighted by atomic mass is 16.4. The first-order valence-electron chi connectivity index (χ1n) is 3.55. The lowest BCUT2D eigenvalue weighted by Crippen LogP contribution is -2.63. The number of hydrogen-bond acceptors (Lipinski definition) is 6. The Balaban J connectivity index is 2.76. The van der Waals surface area contributed by atoms with Gasteiger partial charge in [-0.15, -0.1) is 0 Å². The molecule has 1 fully saturated rings. The molecule has 0 atom stereocenters. The van der Waals surface area contributed by atoms with Crippen LogP contribution in [-0.4, -0.2) is 67.3 Å². The second-order valence-corrected chi connectivity index (χ2v) is 2.94. The highest BCUT2D eigenvalue weighted by Crippen LogP contribution is 2.20. The van der Waals surface area contributed by atoms with Gasteiger partial charge in [0.05, 0.1) is 0 Å². The van der Waals surface area contributed by atoms with Crippen LogP contribution in [0.1, 0.15) is 0 Å². The molecule has 1 aliphatic rings. The van der Waals surface area contributed by atoms with Crippen molar-refractivity contribution in [2.45, 2.75) is 36.6 Å². The van der Waals surface area contributed by atoms with Gasteiger partial charge in [-0.05, 0) is 0 Å². The van der Waals surface area contributed by atoms with E-state index in [2.05, 4.69) is 0 Å². The van der Waals surface area contributed by atoms with Gasteiger partial charge in [0.15, 0.2) is 0 Å². The molecule has 0 aliphatic heterocycles. The Kier molecular flexibility index (Phi) is 2.67. The van der Waals surface area contributed by atoms with Crippen LogP contribution in [-0.2, 0) is 0 Å². The summed E-state index contributed by atoms with van der Waals surface area (Å²) >= 11 is 0. The van der Waals surface area contributed by atoms with Crippen LogP contribution in [0.2, 0.25) is 0 Å². The van der Waals surface area contributed by atoms with Crippen LogP contribution >= 0.6 is 0 Å². The van der Waals surface area contributed by atoms with E-state index in [1.807, 2.05) is 0 Å². The van der Waals surface area contributed by atoms with Crippen LogP contribution in [0.15, 0.2) is 0 Å². The van der Waals surface area contributed by atoms with Crippen molar-refractivity contribution in [1.82, 2.24) is 0 Å². The van der Waals surface area contributed by atoms with Gasteiger partial charge in [-0.25, -0.2) is 0 Å². The van der Waals surface area contributed by atoms with Gasteiger partial charge in [-0.3, -0.25) is 0 Å². The quantitative estimate of drug-likeness (QED) is 0.227. The zero-order chi connectivity index (χ0) is 9.46. The summed E-state index contributed by atoms with van der Waals surface area (Å²) in [6, 6.07) is 0. The summed E-state index contributed by atoms with van der Waals surface area (Å²) in [5, 5.41) is 53.8. The summed E-state index contributed by atoms with van der Waals surface area (Å²) in [5.74, 6) is 0. The Morgan fingerprint density at radius 1 is 0.333 bits per heavy atom. The van der Waals surface area contributed by atoms with Gasteiger partial charge in [0.25, 0.3) is 0 Å². The summed E-state index contributed by atoms with van der Waals surface area (Å²) in [4.78, 5) is 0. The van der Waals surface area contributed by atoms with E-state index in [-0.39, 0.29) is 0 Å². The highest BCUT2D eigenvalue weighted by Gasteiger charge is 2.47. The first-order valence-corrected chi connectivity index (χ1v) is 3.55. The van der Waals surface area contributed by atoms with Gasteiger partial charge in [-0.2, -0.15) is 0 Å². The predicted octanol–water partition coefficient (Wildman–Crippen LogP) is -3.83. The smallest absolute Gasteiger partial charge is 0.111 e. The summed E-state index contributed by atoms with van der Waals surface area (Å²) in [6.45, 7) is 0. The molecule has 0 aromatic rings. The van der Waals surface area contributed by atoms with Gasteiger partial charge in [0, 0.05) is 0 Å². The fraction of sp³-hybridized carbons (Fsp3) is 1.00. The van der Waals surface area contributed by atoms with E-state index >= 15 is 0 Å². The third-order valence-corrected chi connectivity index (χ3v) is 2.10. The minimum Gasteiger partial charge on any atom is -0.387 e. The van der Waals surface area contributed by atoms with Crippen LogP contribution in [0.4, 0.5) is 0 Å². The molecule has 0 heterocycles. The number of aliphatic hydroxyl groups is 6. The predicted molar refractivity (Wildman–Crippen MR) is 36.0 cm³/mol. The monoisotopic (exact) mass is 180 g/mol. The SMILES string of the molecule is OC1[C@H](O)[C@H](O)[C@H](O)[C@@H](O)[C@@H]1O. The van der Waals surface area contributed by atoms with E-state index in [0.717, 1.165) is 0 Å². The molecule has 6 N–H and O–H groups in total. The molecule has 0 radical (unpaired) electrons. The minimum atomic E-state index is -1.64. The van der Waals surface area contributed by atoms with Crippen LogP contribution in [0.25, 0.3) is 0 Å². The molecule has 0 bridgehead atoms. The molecule has 0 spiro atoms. The summed E-state index contributed by atoms with van der Waals surface area (Å²) < 4.78 is 0. The van der Waals surface area contributed by atoms with Crippen molar-refractivity contribution in [3.8, 4) is 0 Å². The standard InChI is InChI=1S/C6H12O6/c7-1-2(8)4(10)6(12)5(11)3(1)9/h1-12H/t1-,2-,3-,4+,5-,6?/m1/s1. The lowest BCUT2D eigenvalue weighted by atomic mass is 9.85. The van der Waals surface area contributed by atoms with E-state index in [1.165, 1.54) is 0 Å². The van der Waals surface area contributed by atoms with Gasteiger partial charge >= 0.3 is 0 Å². The first-order chi connectivity index (χ1) is 5.46. The molecule has 0 unspecified atom stereocenters. The fourth-order valence-corrected chi connectivity index (χ4v) is 1.21. The van der Waals surface area contributed by atoms with Gasteiger partial charge in [0.1, 0.15) is 36.6 Å². The Bertz CT molecular complexity index is 104. The largest absolute Gasteiger partial charge is 0.387 e. The third-order valence-electron chi connectivity index (χ3n) is 2.10. The van der Waals surface area contributed by atoms with Crippen molar-refractivity contribution in [2.75, 3.05) is 0 Å². The maximum absolute atomic E-state index is 8.97. The molecule has 12 heavy (non-hydrogen) atoms. The molecule has 1 rings (SSSR count). The molecule has 72 valence electrons. The summed E-state index contributed by atoms with van der Waals surface area (Å²) in [5.41, 5.74) is 0. The topological polar surface area (TPSA) is 121 Å². The van der Waals surface area contributed by atoms with E-state index in [0.29, 0.717) is 0 Å². The Morgan fingerprint density at radius 2 is 0.417 bits per heavy atom. The lowest BCUT2D eigenvalue weighted by Gasteiger charge is -2.39.